The molecule has 3 aromatic carbocycles. The zero-order valence-corrected chi connectivity index (χ0v) is 19.7. The van der Waals surface area contributed by atoms with Crippen molar-refractivity contribution in [2.45, 2.75) is 26.8 Å². The number of fused-ring (bicyclic) bond motifs is 1. The van der Waals surface area contributed by atoms with Crippen LogP contribution >= 0.6 is 11.6 Å². The molecule has 33 heavy (non-hydrogen) atoms. The molecule has 0 aliphatic carbocycles. The van der Waals surface area contributed by atoms with Gasteiger partial charge in [-0.2, -0.15) is 0 Å². The number of rotatable bonds is 4. The third-order valence-electron chi connectivity index (χ3n) is 5.69. The lowest BCUT2D eigenvalue weighted by molar-refractivity contribution is 0.205. The molecule has 1 aromatic heterocycles. The fraction of sp³-hybridized carbons (Fsp3) is 0.192. The second kappa shape index (κ2) is 9.08. The van der Waals surface area contributed by atoms with Gasteiger partial charge in [0.25, 0.3) is 5.56 Å². The summed E-state index contributed by atoms with van der Waals surface area (Å²) < 4.78 is 1.57. The normalized spacial score (nSPS) is 11.9. The van der Waals surface area contributed by atoms with Gasteiger partial charge in [-0.15, -0.1) is 0 Å². The Balaban J connectivity index is 1.80. The molecule has 0 bridgehead atoms. The molecule has 1 heterocycles. The Morgan fingerprint density at radius 2 is 1.76 bits per heavy atom. The van der Waals surface area contributed by atoms with Gasteiger partial charge in [0.1, 0.15) is 5.82 Å². The molecule has 0 aliphatic heterocycles. The van der Waals surface area contributed by atoms with E-state index < -0.39 is 6.04 Å². The van der Waals surface area contributed by atoms with Crippen LogP contribution < -0.4 is 10.9 Å². The molecule has 4 aromatic rings. The van der Waals surface area contributed by atoms with Gasteiger partial charge in [0.2, 0.25) is 0 Å². The molecule has 7 heteroatoms. The van der Waals surface area contributed by atoms with Crippen LogP contribution in [0.1, 0.15) is 29.9 Å². The van der Waals surface area contributed by atoms with Crippen LogP contribution in [0.15, 0.2) is 71.5 Å². The Kier molecular flexibility index (Phi) is 6.20. The second-order valence-corrected chi connectivity index (χ2v) is 8.63. The number of aromatic nitrogens is 2. The van der Waals surface area contributed by atoms with Crippen molar-refractivity contribution in [3.63, 3.8) is 0 Å². The molecule has 0 saturated heterocycles. The van der Waals surface area contributed by atoms with Crippen LogP contribution in [0.5, 0.6) is 0 Å². The SMILES string of the molecule is Cc1ccc(-n2c(C(C)N(C)C(=O)Nc3cccc(C)c3)nc3cc(Cl)ccc3c2=O)cc1. The van der Waals surface area contributed by atoms with Gasteiger partial charge in [-0.3, -0.25) is 9.36 Å². The van der Waals surface area contributed by atoms with Crippen molar-refractivity contribution in [3.8, 4) is 5.69 Å². The van der Waals surface area contributed by atoms with Crippen molar-refractivity contribution in [3.05, 3.63) is 99.1 Å². The highest BCUT2D eigenvalue weighted by molar-refractivity contribution is 6.31. The van der Waals surface area contributed by atoms with E-state index in [9.17, 15) is 9.59 Å². The van der Waals surface area contributed by atoms with Gasteiger partial charge in [-0.05, 0) is 68.8 Å². The first kappa shape index (κ1) is 22.6. The summed E-state index contributed by atoms with van der Waals surface area (Å²) in [5.74, 6) is 0.445. The highest BCUT2D eigenvalue weighted by Gasteiger charge is 2.24. The minimum Gasteiger partial charge on any atom is -0.318 e. The average molecular weight is 461 g/mol. The first-order valence-corrected chi connectivity index (χ1v) is 11.0. The van der Waals surface area contributed by atoms with E-state index >= 15 is 0 Å². The lowest BCUT2D eigenvalue weighted by Gasteiger charge is -2.27. The van der Waals surface area contributed by atoms with Crippen molar-refractivity contribution in [2.24, 2.45) is 0 Å². The maximum Gasteiger partial charge on any atom is 0.322 e. The van der Waals surface area contributed by atoms with E-state index in [1.807, 2.05) is 69.3 Å². The molecule has 0 spiro atoms. The average Bonchev–Trinajstić information content (AvgIpc) is 2.78. The number of anilines is 1. The Morgan fingerprint density at radius 1 is 1.03 bits per heavy atom. The number of urea groups is 1. The fourth-order valence-corrected chi connectivity index (χ4v) is 3.85. The van der Waals surface area contributed by atoms with E-state index in [0.717, 1.165) is 11.1 Å². The standard InChI is InChI=1S/C26H25ClN4O2/c1-16-8-11-21(12-9-16)31-24(29-23-15-19(27)10-13-22(23)25(31)32)18(3)30(4)26(33)28-20-7-5-6-17(2)14-20/h5-15,18H,1-4H3,(H,28,33). The van der Waals surface area contributed by atoms with E-state index in [1.165, 1.54) is 4.90 Å². The third kappa shape index (κ3) is 4.61. The molecule has 4 rings (SSSR count). The molecule has 0 aliphatic rings. The zero-order valence-electron chi connectivity index (χ0n) is 19.0. The highest BCUT2D eigenvalue weighted by Crippen LogP contribution is 2.24. The smallest absolute Gasteiger partial charge is 0.318 e. The Labute approximate surface area is 197 Å². The molecular formula is C26H25ClN4O2. The molecule has 2 amide bonds. The predicted octanol–water partition coefficient (Wildman–Crippen LogP) is 5.88. The quantitative estimate of drug-likeness (QED) is 0.413. The summed E-state index contributed by atoms with van der Waals surface area (Å²) in [5, 5.41) is 3.86. The molecule has 1 unspecified atom stereocenters. The Bertz CT molecular complexity index is 1400. The van der Waals surface area contributed by atoms with Gasteiger partial charge in [0.05, 0.1) is 22.6 Å². The summed E-state index contributed by atoms with van der Waals surface area (Å²) in [6, 6.07) is 19.4. The van der Waals surface area contributed by atoms with E-state index in [2.05, 4.69) is 5.32 Å². The summed E-state index contributed by atoms with van der Waals surface area (Å²) in [6.07, 6.45) is 0. The molecule has 0 fully saturated rings. The third-order valence-corrected chi connectivity index (χ3v) is 5.93. The number of amides is 2. The van der Waals surface area contributed by atoms with Gasteiger partial charge < -0.3 is 10.2 Å². The van der Waals surface area contributed by atoms with E-state index in [-0.39, 0.29) is 11.6 Å². The number of nitrogens with one attached hydrogen (secondary N) is 1. The topological polar surface area (TPSA) is 67.2 Å². The summed E-state index contributed by atoms with van der Waals surface area (Å²) in [5.41, 5.74) is 3.79. The summed E-state index contributed by atoms with van der Waals surface area (Å²) in [6.45, 7) is 5.80. The first-order valence-electron chi connectivity index (χ1n) is 10.6. The van der Waals surface area contributed by atoms with Gasteiger partial charge >= 0.3 is 6.03 Å². The van der Waals surface area contributed by atoms with Gasteiger partial charge in [0.15, 0.2) is 0 Å². The molecule has 168 valence electrons. The minimum atomic E-state index is -0.507. The molecule has 6 nitrogen and oxygen atoms in total. The highest BCUT2D eigenvalue weighted by atomic mass is 35.5. The van der Waals surface area contributed by atoms with E-state index in [1.54, 1.807) is 29.8 Å². The number of hydrogen-bond donors (Lipinski definition) is 1. The van der Waals surface area contributed by atoms with Crippen LogP contribution in [0.2, 0.25) is 5.02 Å². The number of benzene rings is 3. The predicted molar refractivity (Wildman–Crippen MR) is 133 cm³/mol. The van der Waals surface area contributed by atoms with Crippen molar-refractivity contribution < 1.29 is 4.79 Å². The number of nitrogens with zero attached hydrogens (tertiary/aromatic N) is 3. The van der Waals surface area contributed by atoms with Crippen LogP contribution in [0, 0.1) is 13.8 Å². The zero-order chi connectivity index (χ0) is 23.7. The van der Waals surface area contributed by atoms with Gasteiger partial charge in [-0.25, -0.2) is 9.78 Å². The van der Waals surface area contributed by atoms with E-state index in [0.29, 0.717) is 33.1 Å². The molecule has 1 N–H and O–H groups in total. The lowest BCUT2D eigenvalue weighted by Crippen LogP contribution is -2.37. The second-order valence-electron chi connectivity index (χ2n) is 8.19. The summed E-state index contributed by atoms with van der Waals surface area (Å²) >= 11 is 6.17. The maximum atomic E-state index is 13.5. The first-order chi connectivity index (χ1) is 15.7. The summed E-state index contributed by atoms with van der Waals surface area (Å²) in [7, 11) is 1.68. The van der Waals surface area contributed by atoms with Gasteiger partial charge in [-0.1, -0.05) is 41.4 Å². The van der Waals surface area contributed by atoms with Crippen LogP contribution in [0.4, 0.5) is 10.5 Å². The molecule has 0 radical (unpaired) electrons. The van der Waals surface area contributed by atoms with Crippen LogP contribution in [-0.2, 0) is 0 Å². The van der Waals surface area contributed by atoms with Crippen LogP contribution in [0.3, 0.4) is 0 Å². The fourth-order valence-electron chi connectivity index (χ4n) is 3.68. The van der Waals surface area contributed by atoms with Crippen LogP contribution in [-0.4, -0.2) is 27.5 Å². The Hall–Kier alpha value is -3.64. The molecule has 1 atom stereocenters. The monoisotopic (exact) mass is 460 g/mol. The van der Waals surface area contributed by atoms with Crippen molar-refractivity contribution in [1.29, 1.82) is 0 Å². The molecule has 0 saturated carbocycles. The Morgan fingerprint density at radius 3 is 2.45 bits per heavy atom. The van der Waals surface area contributed by atoms with Crippen molar-refractivity contribution >= 4 is 34.2 Å². The number of carbonyl (C=O) groups is 1. The van der Waals surface area contributed by atoms with Crippen molar-refractivity contribution in [1.82, 2.24) is 14.5 Å². The number of aryl methyl sites for hydroxylation is 2. The lowest BCUT2D eigenvalue weighted by atomic mass is 10.1. The molecular weight excluding hydrogens is 436 g/mol. The number of hydrogen-bond acceptors (Lipinski definition) is 3. The number of carbonyl (C=O) groups excluding carboxylic acids is 1. The summed E-state index contributed by atoms with van der Waals surface area (Å²) in [4.78, 5) is 32.9. The van der Waals surface area contributed by atoms with Crippen molar-refractivity contribution in [2.75, 3.05) is 12.4 Å². The maximum absolute atomic E-state index is 13.5. The number of halogens is 1. The van der Waals surface area contributed by atoms with E-state index in [4.69, 9.17) is 16.6 Å². The van der Waals surface area contributed by atoms with Crippen LogP contribution in [0.25, 0.3) is 16.6 Å². The minimum absolute atomic E-state index is 0.213. The van der Waals surface area contributed by atoms with Gasteiger partial charge in [0, 0.05) is 17.8 Å². The largest absolute Gasteiger partial charge is 0.322 e.